The Bertz CT molecular complexity index is 1100. The summed E-state index contributed by atoms with van der Waals surface area (Å²) in [6.45, 7) is 3.97. The van der Waals surface area contributed by atoms with E-state index in [9.17, 15) is 9.90 Å². The van der Waals surface area contributed by atoms with Crippen LogP contribution in [-0.4, -0.2) is 46.4 Å². The number of amides is 1. The van der Waals surface area contributed by atoms with Gasteiger partial charge in [0.2, 0.25) is 11.7 Å². The van der Waals surface area contributed by atoms with Gasteiger partial charge in [0.1, 0.15) is 11.1 Å². The molecule has 3 aromatic rings. The summed E-state index contributed by atoms with van der Waals surface area (Å²) in [6.07, 6.45) is 1.12. The molecule has 0 saturated carbocycles. The number of ether oxygens (including phenoxy) is 2. The Labute approximate surface area is 189 Å². The number of nitrogens with one attached hydrogen (secondary N) is 1. The topological polar surface area (TPSA) is 119 Å². The highest BCUT2D eigenvalue weighted by atomic mass is 32.2. The highest BCUT2D eigenvalue weighted by Crippen LogP contribution is 2.33. The summed E-state index contributed by atoms with van der Waals surface area (Å²) in [6, 6.07) is 12.0. The summed E-state index contributed by atoms with van der Waals surface area (Å²) in [5.74, 6) is 1.37. The molecule has 0 aliphatic carbocycles. The number of thioether (sulfide) groups is 1. The van der Waals surface area contributed by atoms with Crippen LogP contribution < -0.4 is 10.1 Å². The molecule has 168 valence electrons. The first-order valence-electron chi connectivity index (χ1n) is 9.78. The van der Waals surface area contributed by atoms with Gasteiger partial charge in [-0.1, -0.05) is 11.2 Å². The number of phenolic OH excluding ortho intramolecular Hbond substituents is 1. The molecule has 0 bridgehead atoms. The molecule has 9 nitrogen and oxygen atoms in total. The first-order valence-corrected chi connectivity index (χ1v) is 11.0. The molecule has 0 aliphatic rings. The molecule has 10 heteroatoms. The maximum atomic E-state index is 11.9. The standard InChI is InChI=1S/C22H24N4O5S/c1-5-30-18-12-15(8-11-17(18)27)19(21(32-4)25-22(28)29-3)24-16-9-6-14(7-10-16)20-23-13(2)31-26-20/h6-12,19,24,27H,5H2,1-4H3/b25-21-. The fraction of sp³-hybridized carbons (Fsp3) is 0.273. The second-order valence-electron chi connectivity index (χ2n) is 6.58. The minimum Gasteiger partial charge on any atom is -0.504 e. The molecule has 1 unspecified atom stereocenters. The Morgan fingerprint density at radius 1 is 1.28 bits per heavy atom. The van der Waals surface area contributed by atoms with Crippen molar-refractivity contribution in [2.75, 3.05) is 25.3 Å². The van der Waals surface area contributed by atoms with Gasteiger partial charge in [-0.15, -0.1) is 11.8 Å². The van der Waals surface area contributed by atoms with Crippen molar-refractivity contribution in [2.24, 2.45) is 4.99 Å². The van der Waals surface area contributed by atoms with Crippen LogP contribution in [0.25, 0.3) is 11.4 Å². The number of aromatic nitrogens is 2. The lowest BCUT2D eigenvalue weighted by Gasteiger charge is -2.22. The number of carbonyl (C=O) groups excluding carboxylic acids is 1. The SMILES string of the molecule is CCOc1cc(C(Nc2ccc(-c3noc(C)n3)cc2)/C(=N/C(=O)OC)SC)ccc1O. The summed E-state index contributed by atoms with van der Waals surface area (Å²) in [5, 5.41) is 17.9. The van der Waals surface area contributed by atoms with Crippen LogP contribution in [0.3, 0.4) is 0 Å². The summed E-state index contributed by atoms with van der Waals surface area (Å²) in [5.41, 5.74) is 2.33. The minimum atomic E-state index is -0.701. The van der Waals surface area contributed by atoms with E-state index < -0.39 is 12.1 Å². The van der Waals surface area contributed by atoms with E-state index in [1.807, 2.05) is 37.4 Å². The molecule has 3 rings (SSSR count). The molecule has 2 aromatic carbocycles. The predicted octanol–water partition coefficient (Wildman–Crippen LogP) is 4.83. The maximum Gasteiger partial charge on any atom is 0.434 e. The van der Waals surface area contributed by atoms with Crippen LogP contribution in [0.5, 0.6) is 11.5 Å². The van der Waals surface area contributed by atoms with Crippen LogP contribution in [0, 0.1) is 6.92 Å². The zero-order valence-electron chi connectivity index (χ0n) is 18.2. The lowest BCUT2D eigenvalue weighted by atomic mass is 10.1. The number of nitrogens with zero attached hydrogens (tertiary/aromatic N) is 3. The molecular formula is C22H24N4O5S. The number of aliphatic imine (C=N–C) groups is 1. The second kappa shape index (κ2) is 10.7. The Balaban J connectivity index is 1.96. The van der Waals surface area contributed by atoms with E-state index in [1.54, 1.807) is 25.1 Å². The van der Waals surface area contributed by atoms with Gasteiger partial charge in [-0.25, -0.2) is 4.79 Å². The van der Waals surface area contributed by atoms with Gasteiger partial charge in [0.15, 0.2) is 11.5 Å². The predicted molar refractivity (Wildman–Crippen MR) is 123 cm³/mol. The third-order valence-electron chi connectivity index (χ3n) is 4.43. The highest BCUT2D eigenvalue weighted by molar-refractivity contribution is 8.13. The lowest BCUT2D eigenvalue weighted by Crippen LogP contribution is -2.20. The summed E-state index contributed by atoms with van der Waals surface area (Å²) in [7, 11) is 1.28. The third kappa shape index (κ3) is 5.58. The summed E-state index contributed by atoms with van der Waals surface area (Å²) < 4.78 is 15.3. The molecule has 2 N–H and O–H groups in total. The van der Waals surface area contributed by atoms with Crippen molar-refractivity contribution >= 4 is 28.6 Å². The van der Waals surface area contributed by atoms with Gasteiger partial charge < -0.3 is 24.4 Å². The van der Waals surface area contributed by atoms with E-state index >= 15 is 0 Å². The average Bonchev–Trinajstić information content (AvgIpc) is 3.24. The third-order valence-corrected chi connectivity index (χ3v) is 5.18. The first-order chi connectivity index (χ1) is 15.4. The Kier molecular flexibility index (Phi) is 7.72. The van der Waals surface area contributed by atoms with E-state index in [1.165, 1.54) is 18.9 Å². The number of aromatic hydroxyl groups is 1. The van der Waals surface area contributed by atoms with Gasteiger partial charge in [0, 0.05) is 18.2 Å². The molecule has 0 fully saturated rings. The van der Waals surface area contributed by atoms with E-state index in [2.05, 4.69) is 20.4 Å². The van der Waals surface area contributed by atoms with E-state index in [4.69, 9.17) is 14.0 Å². The number of hydrogen-bond acceptors (Lipinski definition) is 9. The Morgan fingerprint density at radius 3 is 2.62 bits per heavy atom. The van der Waals surface area contributed by atoms with E-state index in [-0.39, 0.29) is 5.75 Å². The quantitative estimate of drug-likeness (QED) is 0.380. The van der Waals surface area contributed by atoms with Crippen LogP contribution in [0.2, 0.25) is 0 Å². The normalized spacial score (nSPS) is 12.3. The van der Waals surface area contributed by atoms with Crippen molar-refractivity contribution < 1.29 is 23.9 Å². The molecule has 32 heavy (non-hydrogen) atoms. The number of methoxy groups -OCH3 is 1. The number of anilines is 1. The molecule has 0 aliphatic heterocycles. The molecule has 0 radical (unpaired) electrons. The van der Waals surface area contributed by atoms with E-state index in [0.29, 0.717) is 29.1 Å². The molecule has 1 amide bonds. The van der Waals surface area contributed by atoms with Crippen LogP contribution in [0.1, 0.15) is 24.4 Å². The average molecular weight is 457 g/mol. The van der Waals surface area contributed by atoms with Crippen LogP contribution in [-0.2, 0) is 4.74 Å². The first kappa shape index (κ1) is 23.1. The minimum absolute atomic E-state index is 0.0321. The van der Waals surface area contributed by atoms with Crippen molar-refractivity contribution in [2.45, 2.75) is 19.9 Å². The lowest BCUT2D eigenvalue weighted by molar-refractivity contribution is 0.182. The van der Waals surface area contributed by atoms with Crippen molar-refractivity contribution in [3.05, 3.63) is 53.9 Å². The molecule has 1 aromatic heterocycles. The van der Waals surface area contributed by atoms with Crippen LogP contribution in [0.4, 0.5) is 10.5 Å². The van der Waals surface area contributed by atoms with Gasteiger partial charge >= 0.3 is 6.09 Å². The zero-order chi connectivity index (χ0) is 23.1. The smallest absolute Gasteiger partial charge is 0.434 e. The van der Waals surface area contributed by atoms with Gasteiger partial charge in [0.25, 0.3) is 0 Å². The maximum absolute atomic E-state index is 11.9. The Morgan fingerprint density at radius 2 is 2.03 bits per heavy atom. The van der Waals surface area contributed by atoms with E-state index in [0.717, 1.165) is 16.8 Å². The number of hydrogen-bond donors (Lipinski definition) is 2. The molecular weight excluding hydrogens is 432 g/mol. The Hall–Kier alpha value is -3.53. The number of phenols is 1. The fourth-order valence-corrected chi connectivity index (χ4v) is 3.53. The number of carbonyl (C=O) groups is 1. The molecule has 0 spiro atoms. The molecule has 0 saturated heterocycles. The monoisotopic (exact) mass is 456 g/mol. The van der Waals surface area contributed by atoms with Crippen molar-refractivity contribution in [3.8, 4) is 22.9 Å². The summed E-state index contributed by atoms with van der Waals surface area (Å²) >= 11 is 1.31. The van der Waals surface area contributed by atoms with Crippen molar-refractivity contribution in [3.63, 3.8) is 0 Å². The molecule has 1 atom stereocenters. The van der Waals surface area contributed by atoms with Crippen LogP contribution >= 0.6 is 11.8 Å². The molecule has 1 heterocycles. The van der Waals surface area contributed by atoms with Gasteiger partial charge in [0.05, 0.1) is 13.7 Å². The zero-order valence-corrected chi connectivity index (χ0v) is 19.0. The fourth-order valence-electron chi connectivity index (χ4n) is 2.93. The van der Waals surface area contributed by atoms with Crippen LogP contribution in [0.15, 0.2) is 52.0 Å². The second-order valence-corrected chi connectivity index (χ2v) is 7.40. The van der Waals surface area contributed by atoms with Gasteiger partial charge in [-0.05, 0) is 55.1 Å². The number of rotatable bonds is 7. The number of benzene rings is 2. The van der Waals surface area contributed by atoms with Crippen molar-refractivity contribution in [1.82, 2.24) is 10.1 Å². The van der Waals surface area contributed by atoms with Crippen molar-refractivity contribution in [1.29, 1.82) is 0 Å². The van der Waals surface area contributed by atoms with Gasteiger partial charge in [-0.3, -0.25) is 0 Å². The summed E-state index contributed by atoms with van der Waals surface area (Å²) in [4.78, 5) is 20.2. The largest absolute Gasteiger partial charge is 0.504 e. The van der Waals surface area contributed by atoms with Gasteiger partial charge in [-0.2, -0.15) is 9.98 Å². The highest BCUT2D eigenvalue weighted by Gasteiger charge is 2.21. The number of aryl methyl sites for hydroxylation is 1.